The summed E-state index contributed by atoms with van der Waals surface area (Å²) < 4.78 is 5.25. The summed E-state index contributed by atoms with van der Waals surface area (Å²) in [5.41, 5.74) is 0. The van der Waals surface area contributed by atoms with E-state index in [2.05, 4.69) is 5.32 Å². The molecule has 4 atom stereocenters. The molecule has 1 heterocycles. The summed E-state index contributed by atoms with van der Waals surface area (Å²) in [6.45, 7) is 3.61. The summed E-state index contributed by atoms with van der Waals surface area (Å²) >= 11 is 1.59. The fourth-order valence-corrected chi connectivity index (χ4v) is 2.12. The highest BCUT2D eigenvalue weighted by atomic mass is 32.2. The van der Waals surface area contributed by atoms with Gasteiger partial charge in [0.15, 0.2) is 0 Å². The molecular weight excluding hydrogens is 186 g/mol. The quantitative estimate of drug-likeness (QED) is 0.722. The van der Waals surface area contributed by atoms with Gasteiger partial charge in [-0.05, 0) is 13.2 Å². The summed E-state index contributed by atoms with van der Waals surface area (Å²) in [7, 11) is 0. The van der Waals surface area contributed by atoms with Crippen LogP contribution in [0.4, 0.5) is 0 Å². The maximum Gasteiger partial charge on any atom is 0.233 e. The zero-order valence-corrected chi connectivity index (χ0v) is 8.76. The first-order chi connectivity index (χ1) is 6.24. The second-order valence-corrected chi connectivity index (χ2v) is 4.96. The van der Waals surface area contributed by atoms with E-state index in [1.165, 1.54) is 0 Å². The summed E-state index contributed by atoms with van der Waals surface area (Å²) in [6.07, 6.45) is 1.96. The van der Waals surface area contributed by atoms with Gasteiger partial charge in [0.1, 0.15) is 0 Å². The maximum atomic E-state index is 11.5. The molecule has 2 rings (SSSR count). The molecule has 74 valence electrons. The highest BCUT2D eigenvalue weighted by molar-refractivity contribution is 7.99. The van der Waals surface area contributed by atoms with Crippen LogP contribution >= 0.6 is 11.8 Å². The molecule has 1 N–H and O–H groups in total. The molecular formula is C9H15NO2S. The number of fused-ring (bicyclic) bond motifs is 1. The van der Waals surface area contributed by atoms with Gasteiger partial charge in [-0.1, -0.05) is 0 Å². The number of nitrogens with one attached hydrogen (secondary N) is 1. The number of carbonyl (C=O) groups is 1. The first-order valence-corrected chi connectivity index (χ1v) is 5.93. The molecule has 0 spiro atoms. The third-order valence-corrected chi connectivity index (χ3v) is 3.91. The van der Waals surface area contributed by atoms with Crippen LogP contribution in [0.15, 0.2) is 0 Å². The smallest absolute Gasteiger partial charge is 0.233 e. The lowest BCUT2D eigenvalue weighted by Crippen LogP contribution is -2.35. The molecule has 0 aromatic carbocycles. The van der Waals surface area contributed by atoms with E-state index in [9.17, 15) is 4.79 Å². The Kier molecular flexibility index (Phi) is 2.51. The van der Waals surface area contributed by atoms with Gasteiger partial charge in [0.25, 0.3) is 0 Å². The van der Waals surface area contributed by atoms with E-state index in [1.807, 2.05) is 13.2 Å². The first-order valence-electron chi connectivity index (χ1n) is 4.65. The van der Waals surface area contributed by atoms with Crippen LogP contribution in [-0.4, -0.2) is 36.7 Å². The summed E-state index contributed by atoms with van der Waals surface area (Å²) in [5.74, 6) is 1.39. The molecule has 2 aliphatic rings. The summed E-state index contributed by atoms with van der Waals surface area (Å²) in [4.78, 5) is 11.5. The molecule has 0 aromatic heterocycles. The lowest BCUT2D eigenvalue weighted by Gasteiger charge is -2.10. The Bertz CT molecular complexity index is 212. The van der Waals surface area contributed by atoms with E-state index in [0.29, 0.717) is 17.9 Å². The van der Waals surface area contributed by atoms with Crippen LogP contribution in [0.3, 0.4) is 0 Å². The molecule has 0 radical (unpaired) electrons. The number of hydrogen-bond acceptors (Lipinski definition) is 3. The minimum absolute atomic E-state index is 0.0715. The molecule has 2 unspecified atom stereocenters. The predicted molar refractivity (Wildman–Crippen MR) is 52.7 cm³/mol. The van der Waals surface area contributed by atoms with Gasteiger partial charge in [-0.25, -0.2) is 0 Å². The van der Waals surface area contributed by atoms with E-state index < -0.39 is 0 Å². The van der Waals surface area contributed by atoms with E-state index in [1.54, 1.807) is 11.8 Å². The Hall–Kier alpha value is -0.220. The van der Waals surface area contributed by atoms with Crippen molar-refractivity contribution in [3.8, 4) is 0 Å². The van der Waals surface area contributed by atoms with Gasteiger partial charge in [0, 0.05) is 17.9 Å². The van der Waals surface area contributed by atoms with Gasteiger partial charge in [-0.2, -0.15) is 11.8 Å². The fraction of sp³-hybridized carbons (Fsp3) is 0.889. The topological polar surface area (TPSA) is 38.3 Å². The number of thioether (sulfide) groups is 1. The third kappa shape index (κ3) is 1.70. The molecule has 0 aromatic rings. The van der Waals surface area contributed by atoms with Crippen LogP contribution in [-0.2, 0) is 9.53 Å². The predicted octanol–water partition coefficient (Wildman–Crippen LogP) is 0.499. The van der Waals surface area contributed by atoms with E-state index in [4.69, 9.17) is 4.74 Å². The maximum absolute atomic E-state index is 11.5. The van der Waals surface area contributed by atoms with Crippen molar-refractivity contribution in [2.45, 2.75) is 18.2 Å². The van der Waals surface area contributed by atoms with Crippen LogP contribution in [0.5, 0.6) is 0 Å². The van der Waals surface area contributed by atoms with Crippen molar-refractivity contribution >= 4 is 17.7 Å². The Labute approximate surface area is 82.6 Å². The molecule has 0 bridgehead atoms. The van der Waals surface area contributed by atoms with E-state index >= 15 is 0 Å². The van der Waals surface area contributed by atoms with Gasteiger partial charge >= 0.3 is 0 Å². The van der Waals surface area contributed by atoms with Crippen LogP contribution in [0.1, 0.15) is 6.92 Å². The minimum atomic E-state index is 0.0715. The van der Waals surface area contributed by atoms with Crippen molar-refractivity contribution in [3.63, 3.8) is 0 Å². The number of rotatable bonds is 3. The number of carbonyl (C=O) groups excluding carboxylic acids is 1. The SMILES string of the molecule is CSC(C)C(=O)NC1[C@H]2COC[C@@H]12. The highest BCUT2D eigenvalue weighted by Gasteiger charge is 2.54. The Balaban J connectivity index is 1.77. The van der Waals surface area contributed by atoms with Crippen molar-refractivity contribution in [1.82, 2.24) is 5.32 Å². The molecule has 1 aliphatic heterocycles. The molecule has 1 saturated carbocycles. The second kappa shape index (κ2) is 3.50. The van der Waals surface area contributed by atoms with Crippen LogP contribution in [0.25, 0.3) is 0 Å². The number of hydrogen-bond donors (Lipinski definition) is 1. The van der Waals surface area contributed by atoms with Gasteiger partial charge in [-0.15, -0.1) is 0 Å². The standard InChI is InChI=1S/C9H15NO2S/c1-5(13-2)9(11)10-8-6-3-12-4-7(6)8/h5-8H,3-4H2,1-2H3,(H,10,11)/t5?,6-,7+,8?. The van der Waals surface area contributed by atoms with Gasteiger partial charge in [0.2, 0.25) is 5.91 Å². The van der Waals surface area contributed by atoms with Crippen molar-refractivity contribution in [1.29, 1.82) is 0 Å². The van der Waals surface area contributed by atoms with E-state index in [0.717, 1.165) is 13.2 Å². The molecule has 2 fully saturated rings. The normalized spacial score (nSPS) is 38.2. The third-order valence-electron chi connectivity index (χ3n) is 2.98. The Morgan fingerprint density at radius 2 is 2.15 bits per heavy atom. The van der Waals surface area contributed by atoms with Crippen LogP contribution in [0.2, 0.25) is 0 Å². The summed E-state index contributed by atoms with van der Waals surface area (Å²) in [5, 5.41) is 3.14. The zero-order chi connectivity index (χ0) is 9.42. The van der Waals surface area contributed by atoms with E-state index in [-0.39, 0.29) is 11.2 Å². The van der Waals surface area contributed by atoms with Crippen molar-refractivity contribution in [2.24, 2.45) is 11.8 Å². The van der Waals surface area contributed by atoms with Crippen LogP contribution < -0.4 is 5.32 Å². The molecule has 3 nitrogen and oxygen atoms in total. The summed E-state index contributed by atoms with van der Waals surface area (Å²) in [6, 6.07) is 0.413. The first kappa shape index (κ1) is 9.34. The molecule has 1 saturated heterocycles. The fourth-order valence-electron chi connectivity index (χ4n) is 1.84. The van der Waals surface area contributed by atoms with Crippen molar-refractivity contribution in [2.75, 3.05) is 19.5 Å². The highest BCUT2D eigenvalue weighted by Crippen LogP contribution is 2.44. The lowest BCUT2D eigenvalue weighted by atomic mass is 10.4. The number of ether oxygens (including phenoxy) is 1. The molecule has 1 aliphatic carbocycles. The average molecular weight is 201 g/mol. The number of amides is 1. The minimum Gasteiger partial charge on any atom is -0.381 e. The second-order valence-electron chi connectivity index (χ2n) is 3.78. The van der Waals surface area contributed by atoms with Gasteiger partial charge < -0.3 is 10.1 Å². The largest absolute Gasteiger partial charge is 0.381 e. The Morgan fingerprint density at radius 1 is 1.54 bits per heavy atom. The zero-order valence-electron chi connectivity index (χ0n) is 7.95. The average Bonchev–Trinajstić information content (AvgIpc) is 2.63. The molecule has 1 amide bonds. The molecule has 4 heteroatoms. The van der Waals surface area contributed by atoms with Crippen molar-refractivity contribution < 1.29 is 9.53 Å². The Morgan fingerprint density at radius 3 is 2.69 bits per heavy atom. The lowest BCUT2D eigenvalue weighted by molar-refractivity contribution is -0.120. The van der Waals surface area contributed by atoms with Gasteiger partial charge in [-0.3, -0.25) is 4.79 Å². The van der Waals surface area contributed by atoms with Gasteiger partial charge in [0.05, 0.1) is 18.5 Å². The monoisotopic (exact) mass is 201 g/mol. The molecule has 13 heavy (non-hydrogen) atoms. The van der Waals surface area contributed by atoms with Crippen molar-refractivity contribution in [3.05, 3.63) is 0 Å². The van der Waals surface area contributed by atoms with Crippen LogP contribution in [0, 0.1) is 11.8 Å².